The molecule has 5 heteroatoms. The van der Waals surface area contributed by atoms with Gasteiger partial charge in [-0.15, -0.1) is 11.6 Å². The number of aromatic nitrogens is 3. The number of alkyl halides is 1. The van der Waals surface area contributed by atoms with Crippen LogP contribution in [0.2, 0.25) is 0 Å². The normalized spacial score (nSPS) is 24.1. The molecule has 2 unspecified atom stereocenters. The van der Waals surface area contributed by atoms with Crippen LogP contribution in [-0.2, 0) is 7.05 Å². The number of hydrogen-bond acceptors (Lipinski definition) is 3. The lowest BCUT2D eigenvalue weighted by Crippen LogP contribution is -2.34. The number of nitrogens with zero attached hydrogens (tertiary/aromatic N) is 4. The number of anilines is 1. The summed E-state index contributed by atoms with van der Waals surface area (Å²) >= 11 is 6.11. The summed E-state index contributed by atoms with van der Waals surface area (Å²) in [6.45, 7) is 3.27. The molecule has 3 rings (SSSR count). The Morgan fingerprint density at radius 3 is 3.06 bits per heavy atom. The predicted molar refractivity (Wildman–Crippen MR) is 74.1 cm³/mol. The third-order valence-electron chi connectivity index (χ3n) is 3.94. The topological polar surface area (TPSA) is 34.0 Å². The molecular weight excluding hydrogens is 248 g/mol. The van der Waals surface area contributed by atoms with Crippen molar-refractivity contribution in [3.63, 3.8) is 0 Å². The van der Waals surface area contributed by atoms with Crippen molar-refractivity contribution in [2.45, 2.75) is 19.4 Å². The highest BCUT2D eigenvalue weighted by Crippen LogP contribution is 2.32. The molecule has 0 aliphatic carbocycles. The van der Waals surface area contributed by atoms with E-state index in [-0.39, 0.29) is 0 Å². The van der Waals surface area contributed by atoms with Crippen molar-refractivity contribution >= 4 is 28.5 Å². The molecule has 2 aromatic rings. The monoisotopic (exact) mass is 264 g/mol. The lowest BCUT2D eigenvalue weighted by atomic mass is 10.1. The highest BCUT2D eigenvalue weighted by Gasteiger charge is 2.32. The molecule has 0 aromatic carbocycles. The van der Waals surface area contributed by atoms with Crippen molar-refractivity contribution in [1.29, 1.82) is 0 Å². The molecule has 1 aliphatic rings. The fourth-order valence-electron chi connectivity index (χ4n) is 2.76. The van der Waals surface area contributed by atoms with E-state index in [1.54, 1.807) is 0 Å². The van der Waals surface area contributed by atoms with Gasteiger partial charge in [-0.3, -0.25) is 0 Å². The maximum Gasteiger partial charge on any atom is 0.157 e. The lowest BCUT2D eigenvalue weighted by molar-refractivity contribution is 0.549. The van der Waals surface area contributed by atoms with Crippen LogP contribution in [0.1, 0.15) is 13.3 Å². The predicted octanol–water partition coefficient (Wildman–Crippen LogP) is 2.42. The third-order valence-corrected chi connectivity index (χ3v) is 4.25. The first-order valence-electron chi connectivity index (χ1n) is 6.31. The van der Waals surface area contributed by atoms with E-state index >= 15 is 0 Å². The standard InChI is InChI=1S/C13H17ClN4/c1-9-4-6-18(11(9)7-14)13-12-10(3-5-15-13)17(2)8-16-12/h3,5,8-9,11H,4,6-7H2,1-2H3. The molecule has 1 aliphatic heterocycles. The van der Waals surface area contributed by atoms with Crippen molar-refractivity contribution in [3.05, 3.63) is 18.6 Å². The third kappa shape index (κ3) is 1.67. The maximum absolute atomic E-state index is 6.11. The second kappa shape index (κ2) is 4.43. The Hall–Kier alpha value is -1.29. The first kappa shape index (κ1) is 11.8. The zero-order valence-corrected chi connectivity index (χ0v) is 11.4. The van der Waals surface area contributed by atoms with E-state index in [0.29, 0.717) is 17.8 Å². The van der Waals surface area contributed by atoms with Crippen LogP contribution in [0.4, 0.5) is 5.82 Å². The largest absolute Gasteiger partial charge is 0.350 e. The SMILES string of the molecule is CC1CCN(c2nccc3c2ncn3C)C1CCl. The Morgan fingerprint density at radius 1 is 1.44 bits per heavy atom. The summed E-state index contributed by atoms with van der Waals surface area (Å²) in [7, 11) is 2.00. The highest BCUT2D eigenvalue weighted by atomic mass is 35.5. The molecule has 4 nitrogen and oxygen atoms in total. The molecule has 3 heterocycles. The van der Waals surface area contributed by atoms with Crippen molar-refractivity contribution in [2.24, 2.45) is 13.0 Å². The van der Waals surface area contributed by atoms with Crippen LogP contribution >= 0.6 is 11.6 Å². The molecule has 1 saturated heterocycles. The van der Waals surface area contributed by atoms with E-state index in [1.807, 2.05) is 30.2 Å². The molecule has 0 bridgehead atoms. The average Bonchev–Trinajstić information content (AvgIpc) is 2.93. The second-order valence-corrected chi connectivity index (χ2v) is 5.35. The number of hydrogen-bond donors (Lipinski definition) is 0. The second-order valence-electron chi connectivity index (χ2n) is 5.04. The van der Waals surface area contributed by atoms with Crippen LogP contribution in [0.3, 0.4) is 0 Å². The minimum absolute atomic E-state index is 0.367. The van der Waals surface area contributed by atoms with Gasteiger partial charge in [0, 0.05) is 31.7 Å². The summed E-state index contributed by atoms with van der Waals surface area (Å²) in [6, 6.07) is 2.37. The molecule has 96 valence electrons. The molecule has 0 N–H and O–H groups in total. The maximum atomic E-state index is 6.11. The lowest BCUT2D eigenvalue weighted by Gasteiger charge is -2.26. The van der Waals surface area contributed by atoms with Crippen LogP contribution < -0.4 is 4.90 Å². The van der Waals surface area contributed by atoms with Gasteiger partial charge in [0.1, 0.15) is 5.52 Å². The van der Waals surface area contributed by atoms with Gasteiger partial charge in [-0.05, 0) is 18.4 Å². The van der Waals surface area contributed by atoms with E-state index in [1.165, 1.54) is 6.42 Å². The summed E-state index contributed by atoms with van der Waals surface area (Å²) in [5.74, 6) is 2.23. The number of fused-ring (bicyclic) bond motifs is 1. The van der Waals surface area contributed by atoms with Crippen LogP contribution in [0, 0.1) is 5.92 Å². The van der Waals surface area contributed by atoms with Gasteiger partial charge in [-0.1, -0.05) is 6.92 Å². The smallest absolute Gasteiger partial charge is 0.157 e. The number of rotatable bonds is 2. The van der Waals surface area contributed by atoms with Crippen molar-refractivity contribution in [3.8, 4) is 0 Å². The van der Waals surface area contributed by atoms with Crippen LogP contribution in [-0.4, -0.2) is 33.0 Å². The minimum atomic E-state index is 0.367. The highest BCUT2D eigenvalue weighted by molar-refractivity contribution is 6.18. The van der Waals surface area contributed by atoms with Crippen molar-refractivity contribution in [2.75, 3.05) is 17.3 Å². The zero-order chi connectivity index (χ0) is 12.7. The van der Waals surface area contributed by atoms with Gasteiger partial charge in [0.25, 0.3) is 0 Å². The summed E-state index contributed by atoms with van der Waals surface area (Å²) < 4.78 is 2.02. The van der Waals surface area contributed by atoms with Gasteiger partial charge in [0.2, 0.25) is 0 Å². The van der Waals surface area contributed by atoms with E-state index in [4.69, 9.17) is 11.6 Å². The Labute approximate surface area is 112 Å². The first-order valence-corrected chi connectivity index (χ1v) is 6.84. The summed E-state index contributed by atoms with van der Waals surface area (Å²) in [5, 5.41) is 0. The van der Waals surface area contributed by atoms with E-state index in [9.17, 15) is 0 Å². The Balaban J connectivity index is 2.09. The molecule has 0 spiro atoms. The average molecular weight is 265 g/mol. The molecular formula is C13H17ClN4. The van der Waals surface area contributed by atoms with Gasteiger partial charge < -0.3 is 9.47 Å². The molecule has 0 radical (unpaired) electrons. The van der Waals surface area contributed by atoms with Crippen molar-refractivity contribution < 1.29 is 0 Å². The molecule has 0 amide bonds. The van der Waals surface area contributed by atoms with Crippen molar-refractivity contribution in [1.82, 2.24) is 14.5 Å². The first-order chi connectivity index (χ1) is 8.72. The molecule has 0 saturated carbocycles. The fourth-order valence-corrected chi connectivity index (χ4v) is 3.24. The van der Waals surface area contributed by atoms with Gasteiger partial charge in [-0.2, -0.15) is 0 Å². The summed E-state index contributed by atoms with van der Waals surface area (Å²) in [6.07, 6.45) is 4.86. The molecule has 18 heavy (non-hydrogen) atoms. The zero-order valence-electron chi connectivity index (χ0n) is 10.7. The summed E-state index contributed by atoms with van der Waals surface area (Å²) in [5.41, 5.74) is 2.09. The van der Waals surface area contributed by atoms with E-state index in [2.05, 4.69) is 21.8 Å². The van der Waals surface area contributed by atoms with Gasteiger partial charge >= 0.3 is 0 Å². The Kier molecular flexibility index (Phi) is 2.90. The Morgan fingerprint density at radius 2 is 2.28 bits per heavy atom. The van der Waals surface area contributed by atoms with E-state index < -0.39 is 0 Å². The van der Waals surface area contributed by atoms with E-state index in [0.717, 1.165) is 23.4 Å². The van der Waals surface area contributed by atoms with Gasteiger partial charge in [-0.25, -0.2) is 9.97 Å². The minimum Gasteiger partial charge on any atom is -0.350 e. The molecule has 2 atom stereocenters. The van der Waals surface area contributed by atoms with Crippen LogP contribution in [0.15, 0.2) is 18.6 Å². The summed E-state index contributed by atoms with van der Waals surface area (Å²) in [4.78, 5) is 11.3. The fraction of sp³-hybridized carbons (Fsp3) is 0.538. The Bertz CT molecular complexity index is 565. The van der Waals surface area contributed by atoms with Gasteiger partial charge in [0.15, 0.2) is 5.82 Å². The van der Waals surface area contributed by atoms with Crippen LogP contribution in [0.25, 0.3) is 11.0 Å². The van der Waals surface area contributed by atoms with Gasteiger partial charge in [0.05, 0.1) is 11.8 Å². The number of pyridine rings is 1. The quantitative estimate of drug-likeness (QED) is 0.782. The van der Waals surface area contributed by atoms with Crippen LogP contribution in [0.5, 0.6) is 0 Å². The number of imidazole rings is 1. The molecule has 1 fully saturated rings. The number of halogens is 1. The number of aryl methyl sites for hydroxylation is 1. The molecule has 2 aromatic heterocycles.